The molecule has 0 bridgehead atoms. The summed E-state index contributed by atoms with van der Waals surface area (Å²) in [5, 5.41) is 5.08. The second-order valence-electron chi connectivity index (χ2n) is 9.66. The summed E-state index contributed by atoms with van der Waals surface area (Å²) in [6.07, 6.45) is 1.20. The van der Waals surface area contributed by atoms with Crippen LogP contribution in [0.2, 0.25) is 0 Å². The smallest absolute Gasteiger partial charge is 0.0838 e. The molecule has 0 N–H and O–H groups in total. The van der Waals surface area contributed by atoms with Crippen LogP contribution in [0.1, 0.15) is 45.8 Å². The molecule has 0 spiro atoms. The largest absolute Gasteiger partial charge is 0.367 e. The third-order valence-electron chi connectivity index (χ3n) is 7.17. The van der Waals surface area contributed by atoms with E-state index in [1.54, 1.807) is 0 Å². The van der Waals surface area contributed by atoms with Crippen molar-refractivity contribution in [3.63, 3.8) is 0 Å². The molecule has 0 amide bonds. The van der Waals surface area contributed by atoms with E-state index >= 15 is 0 Å². The SMILES string of the molecule is CC1(C)CC(c2ccc3c(-c4cccc5cc(Br)ccc45)cccc3c2)OC1(C)C. The fourth-order valence-corrected chi connectivity index (χ4v) is 5.06. The van der Waals surface area contributed by atoms with Gasteiger partial charge in [0.1, 0.15) is 0 Å². The summed E-state index contributed by atoms with van der Waals surface area (Å²) in [7, 11) is 0. The number of hydrogen-bond acceptors (Lipinski definition) is 1. The minimum absolute atomic E-state index is 0.119. The highest BCUT2D eigenvalue weighted by molar-refractivity contribution is 9.10. The van der Waals surface area contributed by atoms with Crippen molar-refractivity contribution < 1.29 is 4.74 Å². The monoisotopic (exact) mass is 458 g/mol. The van der Waals surface area contributed by atoms with E-state index in [0.717, 1.165) is 10.9 Å². The molecule has 5 rings (SSSR count). The van der Waals surface area contributed by atoms with Crippen molar-refractivity contribution in [2.45, 2.75) is 45.8 Å². The molecule has 1 aliphatic rings. The third kappa shape index (κ3) is 3.18. The number of fused-ring (bicyclic) bond motifs is 2. The van der Waals surface area contributed by atoms with Crippen LogP contribution >= 0.6 is 15.9 Å². The molecule has 1 heterocycles. The molecule has 1 nitrogen and oxygen atoms in total. The van der Waals surface area contributed by atoms with Gasteiger partial charge in [0.25, 0.3) is 0 Å². The van der Waals surface area contributed by atoms with E-state index in [2.05, 4.69) is 116 Å². The van der Waals surface area contributed by atoms with E-state index in [0.29, 0.717) is 0 Å². The second-order valence-corrected chi connectivity index (χ2v) is 10.6. The molecule has 4 aromatic carbocycles. The summed E-state index contributed by atoms with van der Waals surface area (Å²) in [4.78, 5) is 0. The summed E-state index contributed by atoms with van der Waals surface area (Å²) in [6, 6.07) is 26.5. The van der Waals surface area contributed by atoms with Crippen LogP contribution in [0.5, 0.6) is 0 Å². The predicted octanol–water partition coefficient (Wildman–Crippen LogP) is 8.69. The molecule has 0 saturated carbocycles. The average Bonchev–Trinajstić information content (AvgIpc) is 2.93. The van der Waals surface area contributed by atoms with Gasteiger partial charge in [-0.2, -0.15) is 0 Å². The van der Waals surface area contributed by atoms with Gasteiger partial charge in [-0.15, -0.1) is 0 Å². The van der Waals surface area contributed by atoms with Gasteiger partial charge in [-0.25, -0.2) is 0 Å². The molecule has 2 heteroatoms. The number of benzene rings is 4. The normalized spacial score (nSPS) is 20.1. The molecule has 0 radical (unpaired) electrons. The highest BCUT2D eigenvalue weighted by atomic mass is 79.9. The van der Waals surface area contributed by atoms with Crippen molar-refractivity contribution >= 4 is 37.5 Å². The quantitative estimate of drug-likeness (QED) is 0.291. The number of rotatable bonds is 2. The summed E-state index contributed by atoms with van der Waals surface area (Å²) in [5.41, 5.74) is 3.87. The fraction of sp³-hybridized carbons (Fsp3) is 0.286. The molecule has 30 heavy (non-hydrogen) atoms. The zero-order valence-corrected chi connectivity index (χ0v) is 19.6. The van der Waals surface area contributed by atoms with Gasteiger partial charge in [-0.1, -0.05) is 84.4 Å². The molecule has 1 unspecified atom stereocenters. The summed E-state index contributed by atoms with van der Waals surface area (Å²) < 4.78 is 7.59. The molecule has 0 aromatic heterocycles. The standard InChI is InChI=1S/C28H27BrO/c1-27(2)17-26(30-28(27,3)4)20-11-13-22-18(15-20)7-5-9-24(22)25-10-6-8-19-16-21(29)12-14-23(19)25/h5-16,26H,17H2,1-4H3. The lowest BCUT2D eigenvalue weighted by Gasteiger charge is -2.32. The molecular formula is C28H27BrO. The Morgan fingerprint density at radius 3 is 1.97 bits per heavy atom. The highest BCUT2D eigenvalue weighted by Gasteiger charge is 2.47. The maximum atomic E-state index is 6.48. The highest BCUT2D eigenvalue weighted by Crippen LogP contribution is 2.51. The van der Waals surface area contributed by atoms with Crippen molar-refractivity contribution in [3.05, 3.63) is 82.8 Å². The first-order chi connectivity index (χ1) is 14.2. The van der Waals surface area contributed by atoms with Crippen LogP contribution in [0.25, 0.3) is 32.7 Å². The lowest BCUT2D eigenvalue weighted by atomic mass is 9.76. The molecule has 4 aromatic rings. The van der Waals surface area contributed by atoms with Gasteiger partial charge in [-0.3, -0.25) is 0 Å². The van der Waals surface area contributed by atoms with Gasteiger partial charge in [0.15, 0.2) is 0 Å². The van der Waals surface area contributed by atoms with Gasteiger partial charge < -0.3 is 4.74 Å². The lowest BCUT2D eigenvalue weighted by Crippen LogP contribution is -2.34. The van der Waals surface area contributed by atoms with Crippen molar-refractivity contribution in [1.29, 1.82) is 0 Å². The summed E-state index contributed by atoms with van der Waals surface area (Å²) >= 11 is 3.60. The number of hydrogen-bond donors (Lipinski definition) is 0. The van der Waals surface area contributed by atoms with Crippen LogP contribution in [-0.4, -0.2) is 5.60 Å². The molecule has 1 aliphatic heterocycles. The molecule has 1 atom stereocenters. The topological polar surface area (TPSA) is 9.23 Å². The number of ether oxygens (including phenoxy) is 1. The zero-order valence-electron chi connectivity index (χ0n) is 18.0. The van der Waals surface area contributed by atoms with Gasteiger partial charge in [0, 0.05) is 4.47 Å². The first-order valence-corrected chi connectivity index (χ1v) is 11.4. The van der Waals surface area contributed by atoms with E-state index in [1.807, 2.05) is 0 Å². The molecule has 0 aliphatic carbocycles. The van der Waals surface area contributed by atoms with Crippen LogP contribution in [-0.2, 0) is 4.74 Å². The first-order valence-electron chi connectivity index (χ1n) is 10.6. The van der Waals surface area contributed by atoms with Gasteiger partial charge >= 0.3 is 0 Å². The summed E-state index contributed by atoms with van der Waals surface area (Å²) in [5.74, 6) is 0. The Morgan fingerprint density at radius 2 is 1.37 bits per heavy atom. The van der Waals surface area contributed by atoms with E-state index in [-0.39, 0.29) is 17.1 Å². The first kappa shape index (κ1) is 19.8. The van der Waals surface area contributed by atoms with Crippen molar-refractivity contribution in [3.8, 4) is 11.1 Å². The van der Waals surface area contributed by atoms with E-state index in [4.69, 9.17) is 4.74 Å². The maximum absolute atomic E-state index is 6.48. The van der Waals surface area contributed by atoms with Gasteiger partial charge in [0.05, 0.1) is 11.7 Å². The second kappa shape index (κ2) is 6.93. The average molecular weight is 459 g/mol. The van der Waals surface area contributed by atoms with Crippen LogP contribution in [0.15, 0.2) is 77.3 Å². The van der Waals surface area contributed by atoms with E-state index in [9.17, 15) is 0 Å². The minimum Gasteiger partial charge on any atom is -0.367 e. The van der Waals surface area contributed by atoms with Gasteiger partial charge in [0.2, 0.25) is 0 Å². The fourth-order valence-electron chi connectivity index (χ4n) is 4.68. The predicted molar refractivity (Wildman–Crippen MR) is 131 cm³/mol. The van der Waals surface area contributed by atoms with Crippen molar-refractivity contribution in [2.24, 2.45) is 5.41 Å². The lowest BCUT2D eigenvalue weighted by molar-refractivity contribution is -0.0522. The van der Waals surface area contributed by atoms with Crippen molar-refractivity contribution in [1.82, 2.24) is 0 Å². The maximum Gasteiger partial charge on any atom is 0.0838 e. The number of halogens is 1. The Labute approximate surface area is 187 Å². The Hall–Kier alpha value is -2.16. The van der Waals surface area contributed by atoms with Crippen LogP contribution in [0, 0.1) is 5.41 Å². The van der Waals surface area contributed by atoms with E-state index in [1.165, 1.54) is 38.2 Å². The van der Waals surface area contributed by atoms with E-state index < -0.39 is 0 Å². The minimum atomic E-state index is -0.119. The zero-order chi connectivity index (χ0) is 21.1. The molecule has 1 fully saturated rings. The van der Waals surface area contributed by atoms with Crippen LogP contribution in [0.3, 0.4) is 0 Å². The Kier molecular flexibility index (Phi) is 4.57. The molecule has 152 valence electrons. The van der Waals surface area contributed by atoms with Crippen LogP contribution in [0.4, 0.5) is 0 Å². The van der Waals surface area contributed by atoms with Crippen LogP contribution < -0.4 is 0 Å². The Balaban J connectivity index is 1.62. The molecular weight excluding hydrogens is 432 g/mol. The van der Waals surface area contributed by atoms with Gasteiger partial charge in [-0.05, 0) is 82.1 Å². The third-order valence-corrected chi connectivity index (χ3v) is 7.66. The van der Waals surface area contributed by atoms with Crippen molar-refractivity contribution in [2.75, 3.05) is 0 Å². The Bertz CT molecular complexity index is 1250. The Morgan fingerprint density at radius 1 is 0.767 bits per heavy atom. The molecule has 1 saturated heterocycles. The summed E-state index contributed by atoms with van der Waals surface area (Å²) in [6.45, 7) is 9.05.